The fourth-order valence-electron chi connectivity index (χ4n) is 3.41. The molecule has 0 saturated carbocycles. The smallest absolute Gasteiger partial charge is 0.389 e. The van der Waals surface area contributed by atoms with E-state index in [-0.39, 0.29) is 0 Å². The monoisotopic (exact) mass is 518 g/mol. The van der Waals surface area contributed by atoms with Gasteiger partial charge >= 0.3 is 24.7 Å². The maximum absolute atomic E-state index is 13.2. The van der Waals surface area contributed by atoms with Gasteiger partial charge in [0.2, 0.25) is 0 Å². The van der Waals surface area contributed by atoms with E-state index in [0.717, 1.165) is 13.8 Å². The second-order valence-corrected chi connectivity index (χ2v) is 18.1. The molecule has 1 nitrogen and oxygen atoms in total. The molecule has 0 atom stereocenters. The zero-order chi connectivity index (χ0) is 25.2. The Morgan fingerprint density at radius 1 is 0.548 bits per heavy atom. The predicted octanol–water partition coefficient (Wildman–Crippen LogP) is 8.74. The summed E-state index contributed by atoms with van der Waals surface area (Å²) in [4.78, 5) is 0. The van der Waals surface area contributed by atoms with E-state index in [1.807, 2.05) is 0 Å². The average molecular weight is 519 g/mol. The third-order valence-electron chi connectivity index (χ3n) is 4.98. The maximum Gasteiger partial charge on any atom is 0.389 e. The van der Waals surface area contributed by atoms with Gasteiger partial charge in [0.25, 0.3) is 0 Å². The third-order valence-corrected chi connectivity index (χ3v) is 15.0. The highest BCUT2D eigenvalue weighted by molar-refractivity contribution is 6.87. The molecular formula is C16H26F12OSi2. The molecule has 0 amide bonds. The van der Waals surface area contributed by atoms with Crippen LogP contribution in [0.1, 0.15) is 39.5 Å². The quantitative estimate of drug-likeness (QED) is 0.208. The first kappa shape index (κ1) is 30.6. The van der Waals surface area contributed by atoms with E-state index in [4.69, 9.17) is 4.12 Å². The lowest BCUT2D eigenvalue weighted by atomic mass is 10.1. The number of halogens is 12. The van der Waals surface area contributed by atoms with Crippen LogP contribution in [-0.4, -0.2) is 41.3 Å². The third kappa shape index (κ3) is 13.0. The van der Waals surface area contributed by atoms with Crippen LogP contribution in [-0.2, 0) is 4.12 Å². The molecule has 0 unspecified atom stereocenters. The number of alkyl halides is 12. The molecule has 0 saturated heterocycles. The molecule has 0 aliphatic carbocycles. The molecule has 0 aliphatic heterocycles. The van der Waals surface area contributed by atoms with Crippen molar-refractivity contribution in [3.05, 3.63) is 0 Å². The molecule has 0 aromatic rings. The molecule has 0 aliphatic rings. The molecule has 15 heteroatoms. The maximum atomic E-state index is 13.2. The second kappa shape index (κ2) is 9.81. The number of rotatable bonds is 10. The van der Waals surface area contributed by atoms with Gasteiger partial charge in [-0.05, 0) is 36.3 Å². The van der Waals surface area contributed by atoms with E-state index in [1.165, 1.54) is 13.1 Å². The Balaban J connectivity index is 6.29. The number of hydrogen-bond acceptors (Lipinski definition) is 1. The second-order valence-electron chi connectivity index (χ2n) is 8.88. The van der Waals surface area contributed by atoms with Crippen LogP contribution >= 0.6 is 0 Å². The lowest BCUT2D eigenvalue weighted by molar-refractivity contribution is -0.142. The summed E-state index contributed by atoms with van der Waals surface area (Å²) in [7, 11) is -8.14. The van der Waals surface area contributed by atoms with Crippen molar-refractivity contribution in [2.75, 3.05) is 0 Å². The minimum Gasteiger partial charge on any atom is -0.455 e. The van der Waals surface area contributed by atoms with Crippen LogP contribution in [0.15, 0.2) is 0 Å². The summed E-state index contributed by atoms with van der Waals surface area (Å²) in [6.07, 6.45) is -25.8. The van der Waals surface area contributed by atoms with Crippen molar-refractivity contribution in [1.29, 1.82) is 0 Å². The summed E-state index contributed by atoms with van der Waals surface area (Å²) in [5, 5.41) is -2.13. The van der Waals surface area contributed by atoms with Crippen LogP contribution in [0.25, 0.3) is 0 Å². The largest absolute Gasteiger partial charge is 0.455 e. The van der Waals surface area contributed by atoms with E-state index in [1.54, 1.807) is 0 Å². The standard InChI is InChI=1S/C16H26F12OSi2/c1-12(2,11-16(26,27)28)31(9-6-14(20,21)22,10-7-15(23,24)25)29-30(3,4)8-5-13(17,18)19/h5-11H2,1-4H3. The number of hydrogen-bond donors (Lipinski definition) is 0. The molecule has 0 heterocycles. The Kier molecular flexibility index (Phi) is 9.67. The van der Waals surface area contributed by atoms with E-state index in [2.05, 4.69) is 0 Å². The normalized spacial score (nSPS) is 15.5. The minimum atomic E-state index is -4.92. The zero-order valence-electron chi connectivity index (χ0n) is 17.4. The van der Waals surface area contributed by atoms with Crippen molar-refractivity contribution in [3.63, 3.8) is 0 Å². The average Bonchev–Trinajstić information content (AvgIpc) is 2.43. The van der Waals surface area contributed by atoms with Crippen LogP contribution in [0.3, 0.4) is 0 Å². The molecule has 0 rings (SSSR count). The minimum absolute atomic E-state index is 0.689. The SMILES string of the molecule is CC(C)(CC(F)(F)F)[Si](CCC(F)(F)F)(CCC(F)(F)F)O[Si](C)(C)CCC(F)(F)F. The Morgan fingerprint density at radius 3 is 1.16 bits per heavy atom. The van der Waals surface area contributed by atoms with Gasteiger partial charge in [-0.3, -0.25) is 0 Å². The first-order chi connectivity index (χ1) is 13.3. The summed E-state index contributed by atoms with van der Waals surface area (Å²) in [5.74, 6) is 0. The zero-order valence-corrected chi connectivity index (χ0v) is 19.4. The highest BCUT2D eigenvalue weighted by Gasteiger charge is 2.57. The molecule has 0 N–H and O–H groups in total. The van der Waals surface area contributed by atoms with Crippen molar-refractivity contribution >= 4 is 16.6 Å². The van der Waals surface area contributed by atoms with Gasteiger partial charge < -0.3 is 4.12 Å². The van der Waals surface area contributed by atoms with Crippen molar-refractivity contribution < 1.29 is 56.8 Å². The fraction of sp³-hybridized carbons (Fsp3) is 1.00. The van der Waals surface area contributed by atoms with E-state index in [9.17, 15) is 52.7 Å². The van der Waals surface area contributed by atoms with Crippen LogP contribution in [0.4, 0.5) is 52.7 Å². The van der Waals surface area contributed by atoms with Crippen LogP contribution in [0.2, 0.25) is 36.3 Å². The molecule has 0 fully saturated rings. The van der Waals surface area contributed by atoms with Gasteiger partial charge in [-0.1, -0.05) is 13.8 Å². The van der Waals surface area contributed by atoms with E-state index < -0.39 is 90.2 Å². The Labute approximate surface area is 174 Å². The Bertz CT molecular complexity index is 543. The summed E-state index contributed by atoms with van der Waals surface area (Å²) in [5.41, 5.74) is 0. The molecule has 31 heavy (non-hydrogen) atoms. The van der Waals surface area contributed by atoms with Crippen molar-refractivity contribution in [2.24, 2.45) is 0 Å². The summed E-state index contributed by atoms with van der Waals surface area (Å²) in [6.45, 7) is 4.14. The first-order valence-corrected chi connectivity index (χ1v) is 14.7. The molecule has 0 bridgehead atoms. The highest BCUT2D eigenvalue weighted by Crippen LogP contribution is 2.54. The Hall–Kier alpha value is -0.446. The van der Waals surface area contributed by atoms with Crippen molar-refractivity contribution in [2.45, 2.75) is 101 Å². The van der Waals surface area contributed by atoms with Gasteiger partial charge in [-0.2, -0.15) is 52.7 Å². The predicted molar refractivity (Wildman–Crippen MR) is 95.5 cm³/mol. The summed E-state index contributed by atoms with van der Waals surface area (Å²) in [6, 6.07) is -2.89. The van der Waals surface area contributed by atoms with Crippen molar-refractivity contribution in [3.8, 4) is 0 Å². The van der Waals surface area contributed by atoms with Crippen LogP contribution in [0, 0.1) is 0 Å². The van der Waals surface area contributed by atoms with E-state index >= 15 is 0 Å². The molecule has 0 spiro atoms. The summed E-state index contributed by atoms with van der Waals surface area (Å²) < 4.78 is 160. The fourth-order valence-corrected chi connectivity index (χ4v) is 14.4. The van der Waals surface area contributed by atoms with Crippen LogP contribution in [0.5, 0.6) is 0 Å². The molecule has 188 valence electrons. The lowest BCUT2D eigenvalue weighted by Gasteiger charge is -2.49. The highest BCUT2D eigenvalue weighted by atomic mass is 28.4. The lowest BCUT2D eigenvalue weighted by Crippen LogP contribution is -2.57. The van der Waals surface area contributed by atoms with Crippen molar-refractivity contribution in [1.82, 2.24) is 0 Å². The first-order valence-electron chi connectivity index (χ1n) is 9.25. The van der Waals surface area contributed by atoms with E-state index in [0.29, 0.717) is 0 Å². The van der Waals surface area contributed by atoms with Crippen LogP contribution < -0.4 is 0 Å². The molecular weight excluding hydrogens is 492 g/mol. The Morgan fingerprint density at radius 2 is 0.871 bits per heavy atom. The van der Waals surface area contributed by atoms with Gasteiger partial charge in [0.1, 0.15) is 0 Å². The van der Waals surface area contributed by atoms with Gasteiger partial charge in [0, 0.05) is 25.7 Å². The molecule has 0 aromatic carbocycles. The summed E-state index contributed by atoms with van der Waals surface area (Å²) >= 11 is 0. The van der Waals surface area contributed by atoms with Gasteiger partial charge in [-0.15, -0.1) is 0 Å². The molecule has 0 aromatic heterocycles. The topological polar surface area (TPSA) is 9.23 Å². The van der Waals surface area contributed by atoms with Gasteiger partial charge in [0.15, 0.2) is 16.6 Å². The molecule has 0 radical (unpaired) electrons. The van der Waals surface area contributed by atoms with Gasteiger partial charge in [-0.25, -0.2) is 0 Å². The van der Waals surface area contributed by atoms with Gasteiger partial charge in [0.05, 0.1) is 0 Å².